The van der Waals surface area contributed by atoms with E-state index in [4.69, 9.17) is 4.74 Å². The lowest BCUT2D eigenvalue weighted by Gasteiger charge is -2.18. The van der Waals surface area contributed by atoms with E-state index in [2.05, 4.69) is 4.98 Å². The first-order valence-electron chi connectivity index (χ1n) is 8.33. The van der Waals surface area contributed by atoms with Crippen molar-refractivity contribution in [3.8, 4) is 0 Å². The summed E-state index contributed by atoms with van der Waals surface area (Å²) in [6.45, 7) is 3.94. The lowest BCUT2D eigenvalue weighted by atomic mass is 9.97. The molecular formula is C22H19NO3. The highest BCUT2D eigenvalue weighted by atomic mass is 16.5. The number of rotatable bonds is 5. The fraction of sp³-hybridized carbons (Fsp3) is 0.136. The summed E-state index contributed by atoms with van der Waals surface area (Å²) < 4.78 is 5.58. The highest BCUT2D eigenvalue weighted by Crippen LogP contribution is 2.25. The van der Waals surface area contributed by atoms with Gasteiger partial charge in [0.1, 0.15) is 0 Å². The Morgan fingerprint density at radius 3 is 2.31 bits per heavy atom. The average molecular weight is 345 g/mol. The number of benzene rings is 2. The summed E-state index contributed by atoms with van der Waals surface area (Å²) in [5.41, 5.74) is 3.57. The maximum atomic E-state index is 13.1. The molecule has 1 aromatic heterocycles. The average Bonchev–Trinajstić information content (AvgIpc) is 2.69. The number of ether oxygens (including phenoxy) is 1. The van der Waals surface area contributed by atoms with Crippen molar-refractivity contribution < 1.29 is 14.3 Å². The second kappa shape index (κ2) is 7.74. The van der Waals surface area contributed by atoms with Crippen molar-refractivity contribution in [2.45, 2.75) is 20.0 Å². The second-order valence-electron chi connectivity index (χ2n) is 6.10. The van der Waals surface area contributed by atoms with Crippen LogP contribution in [0, 0.1) is 13.8 Å². The van der Waals surface area contributed by atoms with Crippen LogP contribution >= 0.6 is 0 Å². The largest absolute Gasteiger partial charge is 0.445 e. The van der Waals surface area contributed by atoms with Gasteiger partial charge in [0.25, 0.3) is 0 Å². The van der Waals surface area contributed by atoms with Gasteiger partial charge in [0.2, 0.25) is 5.78 Å². The van der Waals surface area contributed by atoms with Gasteiger partial charge < -0.3 is 4.74 Å². The topological polar surface area (TPSA) is 56.3 Å². The minimum atomic E-state index is -1.01. The van der Waals surface area contributed by atoms with Gasteiger partial charge >= 0.3 is 5.97 Å². The van der Waals surface area contributed by atoms with E-state index in [-0.39, 0.29) is 5.78 Å². The van der Waals surface area contributed by atoms with Gasteiger partial charge in [0.05, 0.1) is 5.56 Å². The Balaban J connectivity index is 1.94. The first-order valence-corrected chi connectivity index (χ1v) is 8.33. The molecule has 3 aromatic rings. The van der Waals surface area contributed by atoms with E-state index < -0.39 is 12.1 Å². The smallest absolute Gasteiger partial charge is 0.340 e. The summed E-state index contributed by atoms with van der Waals surface area (Å²) in [5, 5.41) is 0. The van der Waals surface area contributed by atoms with E-state index in [9.17, 15) is 9.59 Å². The third-order valence-corrected chi connectivity index (χ3v) is 4.25. The molecule has 130 valence electrons. The Bertz CT molecular complexity index is 921. The molecule has 0 spiro atoms. The molecule has 0 fully saturated rings. The number of nitrogens with zero attached hydrogens (tertiary/aromatic N) is 1. The monoisotopic (exact) mass is 345 g/mol. The number of aryl methyl sites for hydroxylation is 2. The fourth-order valence-electron chi connectivity index (χ4n) is 2.61. The molecule has 1 heterocycles. The minimum Gasteiger partial charge on any atom is -0.445 e. The number of carbonyl (C=O) groups excluding carboxylic acids is 2. The van der Waals surface area contributed by atoms with Crippen LogP contribution in [0.5, 0.6) is 0 Å². The summed E-state index contributed by atoms with van der Waals surface area (Å²) in [6.07, 6.45) is 1.99. The second-order valence-corrected chi connectivity index (χ2v) is 6.10. The van der Waals surface area contributed by atoms with Gasteiger partial charge in [-0.2, -0.15) is 0 Å². The molecule has 0 N–H and O–H groups in total. The van der Waals surface area contributed by atoms with Crippen molar-refractivity contribution in [3.05, 3.63) is 101 Å². The first-order chi connectivity index (χ1) is 12.6. The van der Waals surface area contributed by atoms with Crippen LogP contribution in [0.1, 0.15) is 43.5 Å². The van der Waals surface area contributed by atoms with E-state index in [1.54, 1.807) is 36.5 Å². The number of hydrogen-bond donors (Lipinski definition) is 0. The number of ketones is 1. The highest BCUT2D eigenvalue weighted by molar-refractivity contribution is 6.02. The Labute approximate surface area is 152 Å². The molecule has 0 aliphatic heterocycles. The predicted molar refractivity (Wildman–Crippen MR) is 99.1 cm³/mol. The van der Waals surface area contributed by atoms with Crippen LogP contribution in [0.2, 0.25) is 0 Å². The summed E-state index contributed by atoms with van der Waals surface area (Å²) in [4.78, 5) is 29.5. The molecule has 4 nitrogen and oxygen atoms in total. The zero-order valence-corrected chi connectivity index (χ0v) is 14.7. The molecule has 0 bridgehead atoms. The summed E-state index contributed by atoms with van der Waals surface area (Å²) in [5.74, 6) is -0.833. The number of pyridine rings is 1. The zero-order chi connectivity index (χ0) is 18.5. The summed E-state index contributed by atoms with van der Waals surface area (Å²) in [6, 6.07) is 17.8. The van der Waals surface area contributed by atoms with Crippen LogP contribution in [0.15, 0.2) is 73.1 Å². The standard InChI is InChI=1S/C22H19NO3/c1-15-10-11-18(13-16(15)2)20(24)21(17-7-4-3-5-8-17)26-22(25)19-9-6-12-23-14-19/h3-14,21H,1-2H3/t21-/m1/s1. The molecule has 0 aliphatic carbocycles. The molecule has 0 saturated carbocycles. The molecule has 0 unspecified atom stereocenters. The van der Waals surface area contributed by atoms with Crippen molar-refractivity contribution in [2.75, 3.05) is 0 Å². The quantitative estimate of drug-likeness (QED) is 0.505. The zero-order valence-electron chi connectivity index (χ0n) is 14.7. The number of Topliss-reactive ketones (excluding diaryl/α,β-unsaturated/α-hetero) is 1. The molecule has 0 radical (unpaired) electrons. The maximum Gasteiger partial charge on any atom is 0.340 e. The number of hydrogen-bond acceptors (Lipinski definition) is 4. The van der Waals surface area contributed by atoms with Crippen LogP contribution in [0.25, 0.3) is 0 Å². The minimum absolute atomic E-state index is 0.253. The van der Waals surface area contributed by atoms with Crippen LogP contribution in [0.3, 0.4) is 0 Å². The Hall–Kier alpha value is -3.27. The molecule has 0 saturated heterocycles. The number of esters is 1. The molecule has 3 rings (SSSR count). The van der Waals surface area contributed by atoms with Crippen molar-refractivity contribution >= 4 is 11.8 Å². The van der Waals surface area contributed by atoms with E-state index >= 15 is 0 Å². The van der Waals surface area contributed by atoms with Gasteiger partial charge in [-0.25, -0.2) is 4.79 Å². The summed E-state index contributed by atoms with van der Waals surface area (Å²) >= 11 is 0. The maximum absolute atomic E-state index is 13.1. The SMILES string of the molecule is Cc1ccc(C(=O)[C@H](OC(=O)c2cccnc2)c2ccccc2)cc1C. The van der Waals surface area contributed by atoms with Crippen LogP contribution < -0.4 is 0 Å². The Morgan fingerprint density at radius 1 is 0.885 bits per heavy atom. The molecule has 26 heavy (non-hydrogen) atoms. The lowest BCUT2D eigenvalue weighted by Crippen LogP contribution is -2.20. The van der Waals surface area contributed by atoms with Crippen molar-refractivity contribution in [2.24, 2.45) is 0 Å². The third kappa shape index (κ3) is 3.86. The van der Waals surface area contributed by atoms with Crippen LogP contribution in [-0.2, 0) is 4.74 Å². The van der Waals surface area contributed by atoms with Crippen molar-refractivity contribution in [3.63, 3.8) is 0 Å². The summed E-state index contributed by atoms with van der Waals surface area (Å²) in [7, 11) is 0. The van der Waals surface area contributed by atoms with Gasteiger partial charge in [-0.3, -0.25) is 9.78 Å². The van der Waals surface area contributed by atoms with E-state index in [0.717, 1.165) is 11.1 Å². The van der Waals surface area contributed by atoms with Gasteiger partial charge in [0, 0.05) is 23.5 Å². The molecule has 1 atom stereocenters. The lowest BCUT2D eigenvalue weighted by molar-refractivity contribution is 0.0279. The molecule has 4 heteroatoms. The first kappa shape index (κ1) is 17.5. The van der Waals surface area contributed by atoms with Crippen molar-refractivity contribution in [1.82, 2.24) is 4.98 Å². The number of aromatic nitrogens is 1. The fourth-order valence-corrected chi connectivity index (χ4v) is 2.61. The molecule has 0 amide bonds. The van der Waals surface area contributed by atoms with E-state index in [1.807, 2.05) is 44.2 Å². The highest BCUT2D eigenvalue weighted by Gasteiger charge is 2.27. The Morgan fingerprint density at radius 2 is 1.65 bits per heavy atom. The van der Waals surface area contributed by atoms with Gasteiger partial charge in [-0.15, -0.1) is 0 Å². The van der Waals surface area contributed by atoms with E-state index in [1.165, 1.54) is 6.20 Å². The number of carbonyl (C=O) groups is 2. The molecule has 2 aromatic carbocycles. The van der Waals surface area contributed by atoms with E-state index in [0.29, 0.717) is 16.7 Å². The Kier molecular flexibility index (Phi) is 5.23. The van der Waals surface area contributed by atoms with Gasteiger partial charge in [-0.1, -0.05) is 42.5 Å². The van der Waals surface area contributed by atoms with Crippen LogP contribution in [0.4, 0.5) is 0 Å². The van der Waals surface area contributed by atoms with Gasteiger partial charge in [0.15, 0.2) is 6.10 Å². The molecular weight excluding hydrogens is 326 g/mol. The molecule has 0 aliphatic rings. The predicted octanol–water partition coefficient (Wildman–Crippen LogP) is 4.48. The van der Waals surface area contributed by atoms with Crippen molar-refractivity contribution in [1.29, 1.82) is 0 Å². The van der Waals surface area contributed by atoms with Gasteiger partial charge in [-0.05, 0) is 43.2 Å². The third-order valence-electron chi connectivity index (χ3n) is 4.25. The van der Waals surface area contributed by atoms with Crippen LogP contribution in [-0.4, -0.2) is 16.7 Å². The normalized spacial score (nSPS) is 11.6.